The van der Waals surface area contributed by atoms with E-state index in [1.165, 1.54) is 0 Å². The van der Waals surface area contributed by atoms with Crippen molar-refractivity contribution in [1.29, 1.82) is 0 Å². The first-order valence-corrected chi connectivity index (χ1v) is 8.83. The predicted octanol–water partition coefficient (Wildman–Crippen LogP) is 4.59. The molecule has 1 aliphatic rings. The van der Waals surface area contributed by atoms with E-state index in [0.717, 1.165) is 32.9 Å². The maximum atomic E-state index is 12.8. The van der Waals surface area contributed by atoms with Crippen LogP contribution in [0.1, 0.15) is 10.4 Å². The zero-order valence-electron chi connectivity index (χ0n) is 14.5. The fraction of sp³-hybridized carbons (Fsp3) is 0.0435. The maximum Gasteiger partial charge on any atom is 0.259 e. The van der Waals surface area contributed by atoms with Crippen LogP contribution in [0.4, 0.5) is 11.4 Å². The van der Waals surface area contributed by atoms with Gasteiger partial charge in [0.05, 0.1) is 5.69 Å². The molecule has 4 aromatic carbocycles. The third-order valence-electron chi connectivity index (χ3n) is 5.01. The van der Waals surface area contributed by atoms with E-state index in [0.29, 0.717) is 5.56 Å². The maximum absolute atomic E-state index is 12.8. The van der Waals surface area contributed by atoms with Crippen LogP contribution in [0.5, 0.6) is 0 Å². The second-order valence-electron chi connectivity index (χ2n) is 6.65. The van der Waals surface area contributed by atoms with Crippen molar-refractivity contribution in [1.82, 2.24) is 0 Å². The summed E-state index contributed by atoms with van der Waals surface area (Å²) in [5.74, 6) is -0.348. The fourth-order valence-electron chi connectivity index (χ4n) is 3.80. The molecule has 1 N–H and O–H groups in total. The molecule has 0 aromatic heterocycles. The second-order valence-corrected chi connectivity index (χ2v) is 6.65. The van der Waals surface area contributed by atoms with Gasteiger partial charge in [-0.15, -0.1) is 0 Å². The highest BCUT2D eigenvalue weighted by Gasteiger charge is 2.30. The van der Waals surface area contributed by atoms with Gasteiger partial charge in [0.2, 0.25) is 5.91 Å². The van der Waals surface area contributed by atoms with E-state index in [1.807, 2.05) is 78.9 Å². The third kappa shape index (κ3) is 2.46. The Labute approximate surface area is 156 Å². The monoisotopic (exact) mass is 352 g/mol. The normalized spacial score (nSPS) is 12.7. The highest BCUT2D eigenvalue weighted by atomic mass is 16.2. The first-order chi connectivity index (χ1) is 13.2. The van der Waals surface area contributed by atoms with E-state index >= 15 is 0 Å². The Bertz CT molecular complexity index is 1220. The summed E-state index contributed by atoms with van der Waals surface area (Å²) < 4.78 is 0. The topological polar surface area (TPSA) is 49.4 Å². The molecule has 27 heavy (non-hydrogen) atoms. The zero-order chi connectivity index (χ0) is 18.4. The van der Waals surface area contributed by atoms with E-state index in [4.69, 9.17) is 0 Å². The van der Waals surface area contributed by atoms with E-state index < -0.39 is 0 Å². The molecule has 5 rings (SSSR count). The number of carbonyl (C=O) groups excluding carboxylic acids is 2. The highest BCUT2D eigenvalue weighted by molar-refractivity contribution is 6.26. The largest absolute Gasteiger partial charge is 0.324 e. The molecule has 0 spiro atoms. The number of anilines is 2. The van der Waals surface area contributed by atoms with Crippen LogP contribution in [-0.4, -0.2) is 18.4 Å². The van der Waals surface area contributed by atoms with Gasteiger partial charge < -0.3 is 5.32 Å². The molecule has 0 radical (unpaired) electrons. The minimum Gasteiger partial charge on any atom is -0.324 e. The Kier molecular flexibility index (Phi) is 3.44. The summed E-state index contributed by atoms with van der Waals surface area (Å²) in [5, 5.41) is 6.93. The number of hydrogen-bond donors (Lipinski definition) is 1. The Morgan fingerprint density at radius 2 is 1.52 bits per heavy atom. The number of nitrogens with one attached hydrogen (secondary N) is 1. The molecule has 0 atom stereocenters. The number of nitrogens with zero attached hydrogens (tertiary/aromatic N) is 1. The summed E-state index contributed by atoms with van der Waals surface area (Å²) >= 11 is 0. The SMILES string of the molecule is O=C(CN1C(=O)c2cccc3cccc1c23)Nc1cccc2ccccc12. The number of fused-ring (bicyclic) bond motifs is 1. The number of rotatable bonds is 3. The van der Waals surface area contributed by atoms with Crippen molar-refractivity contribution in [3.05, 3.63) is 84.4 Å². The first-order valence-electron chi connectivity index (χ1n) is 8.83. The van der Waals surface area contributed by atoms with Gasteiger partial charge in [0.15, 0.2) is 0 Å². The molecule has 130 valence electrons. The quantitative estimate of drug-likeness (QED) is 0.586. The van der Waals surface area contributed by atoms with Gasteiger partial charge in [-0.2, -0.15) is 0 Å². The van der Waals surface area contributed by atoms with Gasteiger partial charge in [0.25, 0.3) is 5.91 Å². The van der Waals surface area contributed by atoms with Gasteiger partial charge in [-0.1, -0.05) is 60.7 Å². The predicted molar refractivity (Wildman–Crippen MR) is 108 cm³/mol. The molecule has 0 saturated heterocycles. The van der Waals surface area contributed by atoms with Crippen molar-refractivity contribution in [3.63, 3.8) is 0 Å². The highest BCUT2D eigenvalue weighted by Crippen LogP contribution is 2.37. The van der Waals surface area contributed by atoms with Crippen LogP contribution in [0, 0.1) is 0 Å². The number of amides is 2. The van der Waals surface area contributed by atoms with Gasteiger partial charge in [-0.05, 0) is 29.0 Å². The van der Waals surface area contributed by atoms with Gasteiger partial charge in [0, 0.05) is 22.0 Å². The van der Waals surface area contributed by atoms with Crippen molar-refractivity contribution in [2.75, 3.05) is 16.8 Å². The average Bonchev–Trinajstić information content (AvgIpc) is 2.96. The van der Waals surface area contributed by atoms with Crippen molar-refractivity contribution < 1.29 is 9.59 Å². The summed E-state index contributed by atoms with van der Waals surface area (Å²) in [6.45, 7) is -0.0180. The lowest BCUT2D eigenvalue weighted by Crippen LogP contribution is -2.35. The lowest BCUT2D eigenvalue weighted by molar-refractivity contribution is -0.114. The van der Waals surface area contributed by atoms with Crippen LogP contribution in [0.25, 0.3) is 21.5 Å². The molecule has 0 unspecified atom stereocenters. The molecule has 4 heteroatoms. The molecule has 0 fully saturated rings. The lowest BCUT2D eigenvalue weighted by atomic mass is 10.1. The van der Waals surface area contributed by atoms with Crippen LogP contribution >= 0.6 is 0 Å². The van der Waals surface area contributed by atoms with Crippen LogP contribution in [0.15, 0.2) is 78.9 Å². The van der Waals surface area contributed by atoms with Gasteiger partial charge >= 0.3 is 0 Å². The first kappa shape index (κ1) is 15.6. The summed E-state index contributed by atoms with van der Waals surface area (Å²) in [5.41, 5.74) is 2.20. The van der Waals surface area contributed by atoms with Crippen molar-refractivity contribution in [3.8, 4) is 0 Å². The van der Waals surface area contributed by atoms with Crippen molar-refractivity contribution in [2.45, 2.75) is 0 Å². The summed E-state index contributed by atoms with van der Waals surface area (Å²) in [4.78, 5) is 27.1. The lowest BCUT2D eigenvalue weighted by Gasteiger charge is -2.17. The van der Waals surface area contributed by atoms with E-state index in [9.17, 15) is 9.59 Å². The molecule has 0 saturated carbocycles. The van der Waals surface area contributed by atoms with Crippen molar-refractivity contribution in [2.24, 2.45) is 0 Å². The molecule has 4 aromatic rings. The van der Waals surface area contributed by atoms with Crippen molar-refractivity contribution >= 4 is 44.7 Å². The molecule has 4 nitrogen and oxygen atoms in total. The Morgan fingerprint density at radius 1 is 0.815 bits per heavy atom. The van der Waals surface area contributed by atoms with E-state index in [2.05, 4.69) is 5.32 Å². The third-order valence-corrected chi connectivity index (χ3v) is 5.01. The zero-order valence-corrected chi connectivity index (χ0v) is 14.5. The summed E-state index contributed by atoms with van der Waals surface area (Å²) in [7, 11) is 0. The van der Waals surface area contributed by atoms with Gasteiger partial charge in [-0.3, -0.25) is 14.5 Å². The smallest absolute Gasteiger partial charge is 0.259 e. The number of benzene rings is 4. The molecular weight excluding hydrogens is 336 g/mol. The van der Waals surface area contributed by atoms with Crippen LogP contribution in [-0.2, 0) is 4.79 Å². The Morgan fingerprint density at radius 3 is 2.41 bits per heavy atom. The standard InChI is InChI=1S/C23H16N2O2/c26-21(24-19-12-4-7-15-6-1-2-10-17(15)19)14-25-20-13-5-9-16-8-3-11-18(22(16)20)23(25)27/h1-13H,14H2,(H,24,26). The summed E-state index contributed by atoms with van der Waals surface area (Å²) in [6, 6.07) is 25.1. The molecular formula is C23H16N2O2. The Balaban J connectivity index is 1.45. The second kappa shape index (κ2) is 5.95. The molecule has 1 aliphatic heterocycles. The molecule has 0 aliphatic carbocycles. The summed E-state index contributed by atoms with van der Waals surface area (Å²) in [6.07, 6.45) is 0. The van der Waals surface area contributed by atoms with Crippen LogP contribution < -0.4 is 10.2 Å². The molecule has 2 amide bonds. The van der Waals surface area contributed by atoms with E-state index in [1.54, 1.807) is 4.90 Å². The van der Waals surface area contributed by atoms with Gasteiger partial charge in [0.1, 0.15) is 6.54 Å². The number of carbonyl (C=O) groups is 2. The Hall–Kier alpha value is -3.66. The fourth-order valence-corrected chi connectivity index (χ4v) is 3.80. The van der Waals surface area contributed by atoms with Crippen LogP contribution in [0.3, 0.4) is 0 Å². The average molecular weight is 352 g/mol. The van der Waals surface area contributed by atoms with Gasteiger partial charge in [-0.25, -0.2) is 0 Å². The molecule has 0 bridgehead atoms. The van der Waals surface area contributed by atoms with Crippen LogP contribution in [0.2, 0.25) is 0 Å². The minimum atomic E-state index is -0.218. The minimum absolute atomic E-state index is 0.0180. The van der Waals surface area contributed by atoms with E-state index in [-0.39, 0.29) is 18.4 Å². The number of hydrogen-bond acceptors (Lipinski definition) is 2. The molecule has 1 heterocycles.